The molecule has 1 aromatic carbocycles. The molecule has 2 rings (SSSR count). The lowest BCUT2D eigenvalue weighted by Gasteiger charge is -2.33. The van der Waals surface area contributed by atoms with Crippen LogP contribution < -0.4 is 5.73 Å². The Bertz CT molecular complexity index is 432. The van der Waals surface area contributed by atoms with Crippen molar-refractivity contribution in [2.45, 2.75) is 37.9 Å². The zero-order valence-electron chi connectivity index (χ0n) is 10.2. The predicted molar refractivity (Wildman–Crippen MR) is 66.6 cm³/mol. The van der Waals surface area contributed by atoms with Gasteiger partial charge >= 0.3 is 0 Å². The zero-order chi connectivity index (χ0) is 13.0. The molecule has 1 amide bonds. The number of ketones is 1. The molecule has 18 heavy (non-hydrogen) atoms. The Labute approximate surface area is 106 Å². The first kappa shape index (κ1) is 12.8. The molecule has 0 aliphatic heterocycles. The summed E-state index contributed by atoms with van der Waals surface area (Å²) in [7, 11) is 0. The van der Waals surface area contributed by atoms with Gasteiger partial charge in [0.15, 0.2) is 0 Å². The molecule has 0 spiro atoms. The van der Waals surface area contributed by atoms with E-state index in [1.165, 1.54) is 0 Å². The average Bonchev–Trinajstić information content (AvgIpc) is 2.39. The van der Waals surface area contributed by atoms with Crippen molar-refractivity contribution in [1.82, 2.24) is 0 Å². The van der Waals surface area contributed by atoms with Crippen molar-refractivity contribution in [3.63, 3.8) is 0 Å². The molecule has 1 fully saturated rings. The van der Waals surface area contributed by atoms with Crippen LogP contribution in [0.25, 0.3) is 0 Å². The van der Waals surface area contributed by atoms with Crippen LogP contribution in [0.3, 0.4) is 0 Å². The standard InChI is InChI=1S/C14H17NO3/c15-13(17)14(8-6-12(16)7-9-14)18-10-11-4-2-1-3-5-11/h1-5H,6-10H2,(H2,15,17). The van der Waals surface area contributed by atoms with Gasteiger partial charge in [-0.05, 0) is 18.4 Å². The van der Waals surface area contributed by atoms with Gasteiger partial charge in [0.2, 0.25) is 5.91 Å². The van der Waals surface area contributed by atoms with E-state index < -0.39 is 11.5 Å². The van der Waals surface area contributed by atoms with Gasteiger partial charge in [0.25, 0.3) is 0 Å². The maximum atomic E-state index is 11.6. The fourth-order valence-corrected chi connectivity index (χ4v) is 2.19. The smallest absolute Gasteiger partial charge is 0.249 e. The van der Waals surface area contributed by atoms with E-state index in [1.807, 2.05) is 30.3 Å². The van der Waals surface area contributed by atoms with E-state index in [-0.39, 0.29) is 5.78 Å². The SMILES string of the molecule is NC(=O)C1(OCc2ccccc2)CCC(=O)CC1. The molecule has 96 valence electrons. The third-order valence-electron chi connectivity index (χ3n) is 3.42. The Kier molecular flexibility index (Phi) is 3.77. The molecule has 1 aromatic rings. The molecule has 4 heteroatoms. The Morgan fingerprint density at radius 1 is 1.22 bits per heavy atom. The van der Waals surface area contributed by atoms with Crippen LogP contribution in [0.4, 0.5) is 0 Å². The maximum Gasteiger partial charge on any atom is 0.249 e. The molecule has 1 aliphatic carbocycles. The maximum absolute atomic E-state index is 11.6. The van der Waals surface area contributed by atoms with Crippen LogP contribution >= 0.6 is 0 Å². The fraction of sp³-hybridized carbons (Fsp3) is 0.429. The number of hydrogen-bond acceptors (Lipinski definition) is 3. The molecule has 0 radical (unpaired) electrons. The molecule has 2 N–H and O–H groups in total. The summed E-state index contributed by atoms with van der Waals surface area (Å²) in [5.41, 5.74) is 5.46. The summed E-state index contributed by atoms with van der Waals surface area (Å²) in [6.45, 7) is 0.345. The van der Waals surface area contributed by atoms with Gasteiger partial charge in [-0.3, -0.25) is 9.59 Å². The van der Waals surface area contributed by atoms with Crippen molar-refractivity contribution in [3.05, 3.63) is 35.9 Å². The van der Waals surface area contributed by atoms with E-state index >= 15 is 0 Å². The highest BCUT2D eigenvalue weighted by Crippen LogP contribution is 2.30. The first-order chi connectivity index (χ1) is 8.62. The summed E-state index contributed by atoms with van der Waals surface area (Å²) >= 11 is 0. The number of carbonyl (C=O) groups excluding carboxylic acids is 2. The second kappa shape index (κ2) is 5.31. The molecule has 0 unspecified atom stereocenters. The lowest BCUT2D eigenvalue weighted by Crippen LogP contribution is -2.48. The second-order valence-corrected chi connectivity index (χ2v) is 4.67. The van der Waals surface area contributed by atoms with Crippen molar-refractivity contribution in [3.8, 4) is 0 Å². The van der Waals surface area contributed by atoms with Gasteiger partial charge in [-0.1, -0.05) is 30.3 Å². The predicted octanol–water partition coefficient (Wildman–Crippen LogP) is 1.57. The Hall–Kier alpha value is -1.68. The molecular weight excluding hydrogens is 230 g/mol. The lowest BCUT2D eigenvalue weighted by atomic mass is 9.83. The Morgan fingerprint density at radius 2 is 1.83 bits per heavy atom. The van der Waals surface area contributed by atoms with Gasteiger partial charge < -0.3 is 10.5 Å². The van der Waals surface area contributed by atoms with Crippen LogP contribution in [0.5, 0.6) is 0 Å². The second-order valence-electron chi connectivity index (χ2n) is 4.67. The van der Waals surface area contributed by atoms with Gasteiger partial charge in [0.1, 0.15) is 11.4 Å². The normalized spacial score (nSPS) is 18.6. The fourth-order valence-electron chi connectivity index (χ4n) is 2.19. The number of amides is 1. The molecule has 1 aliphatic rings. The monoisotopic (exact) mass is 247 g/mol. The van der Waals surface area contributed by atoms with Gasteiger partial charge in [-0.15, -0.1) is 0 Å². The Balaban J connectivity index is 2.03. The first-order valence-corrected chi connectivity index (χ1v) is 6.12. The third kappa shape index (κ3) is 2.76. The number of primary amides is 1. The van der Waals surface area contributed by atoms with Crippen molar-refractivity contribution >= 4 is 11.7 Å². The molecular formula is C14H17NO3. The van der Waals surface area contributed by atoms with Gasteiger partial charge in [-0.2, -0.15) is 0 Å². The minimum absolute atomic E-state index is 0.176. The van der Waals surface area contributed by atoms with Crippen LogP contribution in [0.2, 0.25) is 0 Å². The largest absolute Gasteiger partial charge is 0.367 e. The number of rotatable bonds is 4. The van der Waals surface area contributed by atoms with Crippen molar-refractivity contribution < 1.29 is 14.3 Å². The Morgan fingerprint density at radius 3 is 2.39 bits per heavy atom. The highest BCUT2D eigenvalue weighted by atomic mass is 16.5. The third-order valence-corrected chi connectivity index (χ3v) is 3.42. The number of ether oxygens (including phenoxy) is 1. The van der Waals surface area contributed by atoms with Crippen molar-refractivity contribution in [2.24, 2.45) is 5.73 Å². The molecule has 0 bridgehead atoms. The van der Waals surface area contributed by atoms with Crippen molar-refractivity contribution in [1.29, 1.82) is 0 Å². The average molecular weight is 247 g/mol. The van der Waals surface area contributed by atoms with E-state index in [4.69, 9.17) is 10.5 Å². The zero-order valence-corrected chi connectivity index (χ0v) is 10.2. The highest BCUT2D eigenvalue weighted by molar-refractivity contribution is 5.88. The van der Waals surface area contributed by atoms with Gasteiger partial charge in [0, 0.05) is 12.8 Å². The quantitative estimate of drug-likeness (QED) is 0.878. The number of Topliss-reactive ketones (excluding diaryl/α,β-unsaturated/α-hetero) is 1. The van der Waals surface area contributed by atoms with E-state index in [0.717, 1.165) is 5.56 Å². The van der Waals surface area contributed by atoms with Crippen molar-refractivity contribution in [2.75, 3.05) is 0 Å². The topological polar surface area (TPSA) is 69.4 Å². The number of benzene rings is 1. The first-order valence-electron chi connectivity index (χ1n) is 6.12. The summed E-state index contributed by atoms with van der Waals surface area (Å²) in [5, 5.41) is 0. The van der Waals surface area contributed by atoms with Crippen LogP contribution in [0.15, 0.2) is 30.3 Å². The van der Waals surface area contributed by atoms with E-state index in [0.29, 0.717) is 32.3 Å². The van der Waals surface area contributed by atoms with Crippen LogP contribution in [0.1, 0.15) is 31.2 Å². The molecule has 0 heterocycles. The summed E-state index contributed by atoms with van der Waals surface area (Å²) in [6, 6.07) is 9.62. The van der Waals surface area contributed by atoms with E-state index in [2.05, 4.69) is 0 Å². The molecule has 0 atom stereocenters. The summed E-state index contributed by atoms with van der Waals surface area (Å²) in [4.78, 5) is 22.8. The number of hydrogen-bond donors (Lipinski definition) is 1. The van der Waals surface area contributed by atoms with Gasteiger partial charge in [-0.25, -0.2) is 0 Å². The van der Waals surface area contributed by atoms with E-state index in [9.17, 15) is 9.59 Å². The van der Waals surface area contributed by atoms with E-state index in [1.54, 1.807) is 0 Å². The minimum Gasteiger partial charge on any atom is -0.367 e. The molecule has 0 aromatic heterocycles. The summed E-state index contributed by atoms with van der Waals surface area (Å²) in [5.74, 6) is -0.291. The van der Waals surface area contributed by atoms with Crippen LogP contribution in [-0.2, 0) is 20.9 Å². The lowest BCUT2D eigenvalue weighted by molar-refractivity contribution is -0.153. The number of nitrogens with two attached hydrogens (primary N) is 1. The molecule has 4 nitrogen and oxygen atoms in total. The van der Waals surface area contributed by atoms with Crippen LogP contribution in [0, 0.1) is 0 Å². The number of carbonyl (C=O) groups is 2. The minimum atomic E-state index is -0.969. The summed E-state index contributed by atoms with van der Waals surface area (Å²) in [6.07, 6.45) is 1.54. The molecule has 1 saturated carbocycles. The van der Waals surface area contributed by atoms with Gasteiger partial charge in [0.05, 0.1) is 6.61 Å². The summed E-state index contributed by atoms with van der Waals surface area (Å²) < 4.78 is 5.74. The highest BCUT2D eigenvalue weighted by Gasteiger charge is 2.41. The molecule has 0 saturated heterocycles. The van der Waals surface area contributed by atoms with Crippen LogP contribution in [-0.4, -0.2) is 17.3 Å².